The highest BCUT2D eigenvalue weighted by molar-refractivity contribution is 5.94. The van der Waals surface area contributed by atoms with Crippen LogP contribution in [0.2, 0.25) is 0 Å². The number of amides is 1. The van der Waals surface area contributed by atoms with E-state index in [1.165, 1.54) is 30.7 Å². The molecule has 3 N–H and O–H groups in total. The van der Waals surface area contributed by atoms with E-state index in [4.69, 9.17) is 9.62 Å². The molecule has 1 atom stereocenters. The lowest BCUT2D eigenvalue weighted by molar-refractivity contribution is -0.991. The lowest BCUT2D eigenvalue weighted by Gasteiger charge is -2.11. The molecule has 0 saturated carbocycles. The standard InChI is InChI=1S/C17H14N4O4/c22-17(12-6-8-18-9-7-12)20-19-11-15-4-5-16(25-15)13-2-1-3-14(10-13)21(23)24/h1-11,21,23H,(H,20,22). The first-order chi connectivity index (χ1) is 12.1. The smallest absolute Gasteiger partial charge is 0.271 e. The molecule has 0 aliphatic heterocycles. The average molecular weight is 338 g/mol. The number of carbonyl (C=O) groups excluding carboxylic acids is 1. The molecule has 8 heteroatoms. The third kappa shape index (κ3) is 4.15. The summed E-state index contributed by atoms with van der Waals surface area (Å²) < 4.78 is 5.59. The van der Waals surface area contributed by atoms with Crippen LogP contribution in [0.4, 0.5) is 5.69 Å². The van der Waals surface area contributed by atoms with E-state index in [9.17, 15) is 10.0 Å². The van der Waals surface area contributed by atoms with Crippen LogP contribution in [-0.4, -0.2) is 22.3 Å². The maximum Gasteiger partial charge on any atom is 0.271 e. The van der Waals surface area contributed by atoms with Gasteiger partial charge in [-0.2, -0.15) is 10.3 Å². The largest absolute Gasteiger partial charge is 0.595 e. The highest BCUT2D eigenvalue weighted by atomic mass is 16.8. The highest BCUT2D eigenvalue weighted by Crippen LogP contribution is 2.23. The first-order valence-corrected chi connectivity index (χ1v) is 7.30. The monoisotopic (exact) mass is 338 g/mol. The van der Waals surface area contributed by atoms with E-state index >= 15 is 0 Å². The molecule has 0 aliphatic rings. The number of nitrogens with zero attached hydrogens (tertiary/aromatic N) is 2. The Kier molecular flexibility index (Phi) is 4.95. The minimum atomic E-state index is -1.01. The van der Waals surface area contributed by atoms with Gasteiger partial charge in [0, 0.05) is 35.7 Å². The minimum absolute atomic E-state index is 0.175. The summed E-state index contributed by atoms with van der Waals surface area (Å²) in [5, 5.41) is 22.9. The van der Waals surface area contributed by atoms with Crippen molar-refractivity contribution in [2.75, 3.05) is 0 Å². The van der Waals surface area contributed by atoms with Gasteiger partial charge >= 0.3 is 0 Å². The van der Waals surface area contributed by atoms with E-state index in [0.29, 0.717) is 22.6 Å². The van der Waals surface area contributed by atoms with Crippen LogP contribution in [0.15, 0.2) is 70.4 Å². The van der Waals surface area contributed by atoms with Crippen LogP contribution in [0.5, 0.6) is 0 Å². The van der Waals surface area contributed by atoms with Crippen molar-refractivity contribution < 1.29 is 19.6 Å². The molecule has 0 bridgehead atoms. The first-order valence-electron chi connectivity index (χ1n) is 7.30. The summed E-state index contributed by atoms with van der Waals surface area (Å²) in [6.45, 7) is 0. The van der Waals surface area contributed by atoms with Crippen LogP contribution < -0.4 is 10.7 Å². The minimum Gasteiger partial charge on any atom is -0.595 e. The van der Waals surface area contributed by atoms with E-state index in [1.54, 1.807) is 36.4 Å². The van der Waals surface area contributed by atoms with E-state index < -0.39 is 5.23 Å². The lowest BCUT2D eigenvalue weighted by Crippen LogP contribution is -2.99. The van der Waals surface area contributed by atoms with Crippen molar-refractivity contribution in [2.24, 2.45) is 5.10 Å². The van der Waals surface area contributed by atoms with Gasteiger partial charge < -0.3 is 9.62 Å². The highest BCUT2D eigenvalue weighted by Gasteiger charge is 2.07. The lowest BCUT2D eigenvalue weighted by atomic mass is 10.1. The van der Waals surface area contributed by atoms with Crippen molar-refractivity contribution >= 4 is 17.8 Å². The Morgan fingerprint density at radius 1 is 1.24 bits per heavy atom. The Hall–Kier alpha value is -3.33. The van der Waals surface area contributed by atoms with Crippen molar-refractivity contribution in [3.05, 3.63) is 77.5 Å². The van der Waals surface area contributed by atoms with Crippen LogP contribution in [0.25, 0.3) is 11.3 Å². The molecule has 25 heavy (non-hydrogen) atoms. The van der Waals surface area contributed by atoms with Crippen LogP contribution in [0.3, 0.4) is 0 Å². The van der Waals surface area contributed by atoms with E-state index in [2.05, 4.69) is 15.5 Å². The molecule has 2 heterocycles. The maximum atomic E-state index is 11.8. The van der Waals surface area contributed by atoms with Gasteiger partial charge in [0.15, 0.2) is 5.69 Å². The molecule has 0 fully saturated rings. The molecule has 8 nitrogen and oxygen atoms in total. The topological polar surface area (TPSA) is 115 Å². The van der Waals surface area contributed by atoms with E-state index in [-0.39, 0.29) is 11.6 Å². The fourth-order valence-electron chi connectivity index (χ4n) is 2.11. The summed E-state index contributed by atoms with van der Waals surface area (Å²) in [6, 6.07) is 12.9. The zero-order valence-corrected chi connectivity index (χ0v) is 12.9. The van der Waals surface area contributed by atoms with Gasteiger partial charge in [0.25, 0.3) is 5.91 Å². The Bertz CT molecular complexity index is 890. The Labute approximate surface area is 142 Å². The molecule has 0 saturated heterocycles. The molecule has 0 radical (unpaired) electrons. The number of furan rings is 1. The second-order valence-electron chi connectivity index (χ2n) is 5.02. The summed E-state index contributed by atoms with van der Waals surface area (Å²) in [7, 11) is 0. The predicted molar refractivity (Wildman–Crippen MR) is 89.2 cm³/mol. The fourth-order valence-corrected chi connectivity index (χ4v) is 2.11. The zero-order valence-electron chi connectivity index (χ0n) is 12.9. The zero-order chi connectivity index (χ0) is 17.6. The molecular weight excluding hydrogens is 324 g/mol. The summed E-state index contributed by atoms with van der Waals surface area (Å²) in [5.41, 5.74) is 3.64. The number of aromatic nitrogens is 1. The molecule has 0 aliphatic carbocycles. The van der Waals surface area contributed by atoms with Gasteiger partial charge in [0.2, 0.25) is 0 Å². The first kappa shape index (κ1) is 16.5. The van der Waals surface area contributed by atoms with Crippen molar-refractivity contribution in [1.82, 2.24) is 10.4 Å². The van der Waals surface area contributed by atoms with Gasteiger partial charge in [-0.3, -0.25) is 9.78 Å². The van der Waals surface area contributed by atoms with Gasteiger partial charge in [-0.05, 0) is 24.3 Å². The van der Waals surface area contributed by atoms with Crippen molar-refractivity contribution in [3.63, 3.8) is 0 Å². The summed E-state index contributed by atoms with van der Waals surface area (Å²) in [4.78, 5) is 15.7. The number of hydrogen-bond donors (Lipinski definition) is 3. The normalized spacial score (nSPS) is 12.2. The SMILES string of the molecule is O=C(NN=Cc1ccc(-c2cccc([NH+]([O-])O)c2)o1)c1ccncc1. The van der Waals surface area contributed by atoms with Crippen molar-refractivity contribution in [2.45, 2.75) is 0 Å². The van der Waals surface area contributed by atoms with Gasteiger partial charge in [-0.1, -0.05) is 12.1 Å². The van der Waals surface area contributed by atoms with Gasteiger partial charge in [-0.15, -0.1) is 0 Å². The van der Waals surface area contributed by atoms with Crippen molar-refractivity contribution in [1.29, 1.82) is 0 Å². The number of hydrogen-bond acceptors (Lipinski definition) is 6. The summed E-state index contributed by atoms with van der Waals surface area (Å²) in [5.74, 6) is 0.565. The van der Waals surface area contributed by atoms with Gasteiger partial charge in [0.1, 0.15) is 11.5 Å². The molecule has 0 spiro atoms. The molecular formula is C17H14N4O4. The Morgan fingerprint density at radius 2 is 2.04 bits per heavy atom. The molecule has 1 unspecified atom stereocenters. The third-order valence-corrected chi connectivity index (χ3v) is 3.32. The summed E-state index contributed by atoms with van der Waals surface area (Å²) >= 11 is 0. The van der Waals surface area contributed by atoms with Crippen molar-refractivity contribution in [3.8, 4) is 11.3 Å². The molecule has 2 aromatic heterocycles. The number of benzene rings is 1. The van der Waals surface area contributed by atoms with Crippen LogP contribution in [0, 0.1) is 5.21 Å². The maximum absolute atomic E-state index is 11.8. The quantitative estimate of drug-likeness (QED) is 0.482. The predicted octanol–water partition coefficient (Wildman–Crippen LogP) is 1.51. The number of carbonyl (C=O) groups is 1. The summed E-state index contributed by atoms with van der Waals surface area (Å²) in [6.07, 6.45) is 4.40. The number of pyridine rings is 1. The second kappa shape index (κ2) is 7.49. The Balaban J connectivity index is 1.67. The average Bonchev–Trinajstić information content (AvgIpc) is 3.11. The molecule has 3 rings (SSSR count). The van der Waals surface area contributed by atoms with E-state index in [0.717, 1.165) is 0 Å². The number of nitrogens with one attached hydrogen (secondary N) is 2. The third-order valence-electron chi connectivity index (χ3n) is 3.32. The van der Waals surface area contributed by atoms with E-state index in [1.807, 2.05) is 0 Å². The molecule has 3 aromatic rings. The van der Waals surface area contributed by atoms with Gasteiger partial charge in [-0.25, -0.2) is 10.6 Å². The number of rotatable bonds is 5. The molecule has 1 aromatic carbocycles. The second-order valence-corrected chi connectivity index (χ2v) is 5.02. The van der Waals surface area contributed by atoms with Crippen LogP contribution in [0.1, 0.15) is 16.1 Å². The molecule has 1 amide bonds. The fraction of sp³-hybridized carbons (Fsp3) is 0. The Morgan fingerprint density at radius 3 is 2.80 bits per heavy atom. The number of quaternary nitrogens is 1. The van der Waals surface area contributed by atoms with Crippen LogP contribution >= 0.6 is 0 Å². The number of hydrazone groups is 1. The van der Waals surface area contributed by atoms with Gasteiger partial charge in [0.05, 0.1) is 6.21 Å². The van der Waals surface area contributed by atoms with Crippen LogP contribution in [-0.2, 0) is 0 Å². The molecule has 126 valence electrons.